The largest absolute Gasteiger partial charge is 0.346 e. The van der Waals surface area contributed by atoms with Gasteiger partial charge in [-0.25, -0.2) is 0 Å². The number of benzene rings is 2. The Labute approximate surface area is 173 Å². The molecule has 28 heavy (non-hydrogen) atoms. The number of rotatable bonds is 5. The quantitative estimate of drug-likeness (QED) is 0.510. The molecule has 3 aromatic rings. The summed E-state index contributed by atoms with van der Waals surface area (Å²) in [5, 5.41) is 4.48. The van der Waals surface area contributed by atoms with Crippen molar-refractivity contribution in [3.63, 3.8) is 0 Å². The number of fused-ring (bicyclic) bond motifs is 1. The normalized spacial score (nSPS) is 12.4. The summed E-state index contributed by atoms with van der Waals surface area (Å²) < 4.78 is 1.17. The van der Waals surface area contributed by atoms with Crippen LogP contribution in [0.5, 0.6) is 0 Å². The molecule has 1 amide bonds. The first-order chi connectivity index (χ1) is 13.0. The Kier molecular flexibility index (Phi) is 5.67. The standard InChI is InChI=1S/C25H31NOS/c1-17-11-13-18(14-12-17)15-20-19-9-7-8-10-21(19)28-22(20)23(27)26-25(5,6)16-24(2,3)4/h7-14H,15-16H2,1-6H3,(H,26,27). The Balaban J connectivity index is 1.96. The first-order valence-corrected chi connectivity index (χ1v) is 10.7. The third kappa shape index (κ3) is 5.02. The molecule has 0 saturated heterocycles. The van der Waals surface area contributed by atoms with Crippen molar-refractivity contribution in [2.75, 3.05) is 0 Å². The lowest BCUT2D eigenvalue weighted by atomic mass is 9.81. The number of amides is 1. The first-order valence-electron chi connectivity index (χ1n) is 9.93. The summed E-state index contributed by atoms with van der Waals surface area (Å²) in [6, 6.07) is 16.9. The minimum absolute atomic E-state index is 0.0394. The van der Waals surface area contributed by atoms with Crippen molar-refractivity contribution < 1.29 is 4.79 Å². The van der Waals surface area contributed by atoms with Crippen LogP contribution in [0.4, 0.5) is 0 Å². The summed E-state index contributed by atoms with van der Waals surface area (Å²) in [5.41, 5.74) is 3.51. The highest BCUT2D eigenvalue weighted by molar-refractivity contribution is 7.21. The monoisotopic (exact) mass is 393 g/mol. The fourth-order valence-corrected chi connectivity index (χ4v) is 5.22. The van der Waals surface area contributed by atoms with Crippen molar-refractivity contribution in [1.29, 1.82) is 0 Å². The van der Waals surface area contributed by atoms with Crippen LogP contribution in [0.1, 0.15) is 67.4 Å². The van der Waals surface area contributed by atoms with Gasteiger partial charge in [-0.1, -0.05) is 68.8 Å². The van der Waals surface area contributed by atoms with Crippen molar-refractivity contribution in [2.45, 2.75) is 59.9 Å². The molecule has 0 bridgehead atoms. The number of carbonyl (C=O) groups is 1. The molecule has 0 aliphatic carbocycles. The average Bonchev–Trinajstić information content (AvgIpc) is 2.93. The zero-order valence-electron chi connectivity index (χ0n) is 17.8. The van der Waals surface area contributed by atoms with Crippen LogP contribution in [-0.2, 0) is 6.42 Å². The summed E-state index contributed by atoms with van der Waals surface area (Å²) >= 11 is 1.60. The van der Waals surface area contributed by atoms with E-state index in [0.717, 1.165) is 23.3 Å². The molecule has 0 spiro atoms. The molecule has 0 saturated carbocycles. The van der Waals surface area contributed by atoms with Gasteiger partial charge in [-0.3, -0.25) is 4.79 Å². The summed E-state index contributed by atoms with van der Waals surface area (Å²) in [6.45, 7) is 13.0. The van der Waals surface area contributed by atoms with Crippen LogP contribution in [0.15, 0.2) is 48.5 Å². The molecule has 148 valence electrons. The molecule has 1 heterocycles. The molecule has 0 radical (unpaired) electrons. The van der Waals surface area contributed by atoms with Crippen molar-refractivity contribution in [3.05, 3.63) is 70.1 Å². The third-order valence-electron chi connectivity index (χ3n) is 4.83. The lowest BCUT2D eigenvalue weighted by Crippen LogP contribution is -2.45. The molecular formula is C25H31NOS. The minimum Gasteiger partial charge on any atom is -0.346 e. The first kappa shape index (κ1) is 20.6. The molecule has 3 rings (SSSR count). The van der Waals surface area contributed by atoms with Crippen LogP contribution in [0.25, 0.3) is 10.1 Å². The van der Waals surface area contributed by atoms with Gasteiger partial charge < -0.3 is 5.32 Å². The van der Waals surface area contributed by atoms with Crippen molar-refractivity contribution in [1.82, 2.24) is 5.32 Å². The van der Waals surface area contributed by atoms with Crippen molar-refractivity contribution in [3.8, 4) is 0 Å². The van der Waals surface area contributed by atoms with E-state index in [0.29, 0.717) is 0 Å². The van der Waals surface area contributed by atoms with Crippen LogP contribution in [-0.4, -0.2) is 11.4 Å². The van der Waals surface area contributed by atoms with Gasteiger partial charge in [0.05, 0.1) is 4.88 Å². The fraction of sp³-hybridized carbons (Fsp3) is 0.400. The number of hydrogen-bond donors (Lipinski definition) is 1. The molecule has 0 aliphatic rings. The topological polar surface area (TPSA) is 29.1 Å². The lowest BCUT2D eigenvalue weighted by molar-refractivity contribution is 0.0895. The van der Waals surface area contributed by atoms with E-state index in [1.807, 2.05) is 6.07 Å². The van der Waals surface area contributed by atoms with E-state index in [4.69, 9.17) is 0 Å². The highest BCUT2D eigenvalue weighted by atomic mass is 32.1. The van der Waals surface area contributed by atoms with Crippen molar-refractivity contribution >= 4 is 27.3 Å². The zero-order valence-corrected chi connectivity index (χ0v) is 18.7. The maximum Gasteiger partial charge on any atom is 0.262 e. The van der Waals surface area contributed by atoms with Gasteiger partial charge >= 0.3 is 0 Å². The van der Waals surface area contributed by atoms with Gasteiger partial charge in [-0.05, 0) is 61.6 Å². The highest BCUT2D eigenvalue weighted by Gasteiger charge is 2.29. The Morgan fingerprint density at radius 1 is 0.964 bits per heavy atom. The predicted molar refractivity (Wildman–Crippen MR) is 121 cm³/mol. The van der Waals surface area contributed by atoms with Gasteiger partial charge in [0.25, 0.3) is 5.91 Å². The molecule has 3 heteroatoms. The van der Waals surface area contributed by atoms with E-state index in [2.05, 4.69) is 89.3 Å². The fourth-order valence-electron chi connectivity index (χ4n) is 4.10. The second kappa shape index (κ2) is 7.71. The maximum atomic E-state index is 13.3. The molecule has 2 aromatic carbocycles. The average molecular weight is 394 g/mol. The molecule has 0 fully saturated rings. The van der Waals surface area contributed by atoms with E-state index in [-0.39, 0.29) is 16.9 Å². The molecule has 0 unspecified atom stereocenters. The van der Waals surface area contributed by atoms with Gasteiger partial charge in [0, 0.05) is 10.2 Å². The number of aryl methyl sites for hydroxylation is 1. The molecule has 2 nitrogen and oxygen atoms in total. The summed E-state index contributed by atoms with van der Waals surface area (Å²) in [4.78, 5) is 14.1. The number of hydrogen-bond acceptors (Lipinski definition) is 2. The Morgan fingerprint density at radius 2 is 1.61 bits per heavy atom. The maximum absolute atomic E-state index is 13.3. The van der Waals surface area contributed by atoms with E-state index in [1.165, 1.54) is 21.2 Å². The van der Waals surface area contributed by atoms with E-state index in [1.54, 1.807) is 11.3 Å². The Hall–Kier alpha value is -2.13. The summed E-state index contributed by atoms with van der Waals surface area (Å²) in [6.07, 6.45) is 1.69. The van der Waals surface area contributed by atoms with Crippen molar-refractivity contribution in [2.24, 2.45) is 5.41 Å². The van der Waals surface area contributed by atoms with Gasteiger partial charge in [0.2, 0.25) is 0 Å². The predicted octanol–water partition coefficient (Wildman–Crippen LogP) is 6.75. The van der Waals surface area contributed by atoms with Crippen LogP contribution < -0.4 is 5.32 Å². The smallest absolute Gasteiger partial charge is 0.262 e. The van der Waals surface area contributed by atoms with Gasteiger partial charge in [-0.15, -0.1) is 11.3 Å². The Morgan fingerprint density at radius 3 is 2.25 bits per heavy atom. The minimum atomic E-state index is -0.257. The number of nitrogens with one attached hydrogen (secondary N) is 1. The van der Waals surface area contributed by atoms with Crippen LogP contribution in [0.2, 0.25) is 0 Å². The van der Waals surface area contributed by atoms with E-state index < -0.39 is 0 Å². The van der Waals surface area contributed by atoms with E-state index in [9.17, 15) is 4.79 Å². The summed E-state index contributed by atoms with van der Waals surface area (Å²) in [5.74, 6) is 0.0394. The third-order valence-corrected chi connectivity index (χ3v) is 6.04. The molecule has 1 aromatic heterocycles. The van der Waals surface area contributed by atoms with Crippen LogP contribution >= 0.6 is 11.3 Å². The summed E-state index contributed by atoms with van der Waals surface area (Å²) in [7, 11) is 0. The Bertz CT molecular complexity index is 974. The molecule has 1 N–H and O–H groups in total. The molecule has 0 atom stereocenters. The lowest BCUT2D eigenvalue weighted by Gasteiger charge is -2.33. The number of thiophene rings is 1. The second-order valence-corrected chi connectivity index (χ2v) is 10.7. The molecular weight excluding hydrogens is 362 g/mol. The second-order valence-electron chi connectivity index (χ2n) is 9.64. The van der Waals surface area contributed by atoms with E-state index >= 15 is 0 Å². The van der Waals surface area contributed by atoms with Crippen LogP contribution in [0, 0.1) is 12.3 Å². The van der Waals surface area contributed by atoms with Gasteiger partial charge in [-0.2, -0.15) is 0 Å². The van der Waals surface area contributed by atoms with Gasteiger partial charge in [0.15, 0.2) is 0 Å². The van der Waals surface area contributed by atoms with Gasteiger partial charge in [0.1, 0.15) is 0 Å². The molecule has 0 aliphatic heterocycles. The number of carbonyl (C=O) groups excluding carboxylic acids is 1. The van der Waals surface area contributed by atoms with Crippen LogP contribution in [0.3, 0.4) is 0 Å². The SMILES string of the molecule is Cc1ccc(Cc2c(C(=O)NC(C)(C)CC(C)(C)C)sc3ccccc23)cc1. The highest BCUT2D eigenvalue weighted by Crippen LogP contribution is 2.34. The zero-order chi connectivity index (χ0) is 20.5.